The van der Waals surface area contributed by atoms with E-state index in [1.807, 2.05) is 18.2 Å². The van der Waals surface area contributed by atoms with Crippen LogP contribution in [0.25, 0.3) is 11.6 Å². The van der Waals surface area contributed by atoms with E-state index in [0.29, 0.717) is 0 Å². The fraction of sp³-hybridized carbons (Fsp3) is 0.0800. The fourth-order valence-corrected chi connectivity index (χ4v) is 4.09. The molecule has 1 heterocycles. The van der Waals surface area contributed by atoms with E-state index in [4.69, 9.17) is 4.42 Å². The molecule has 0 saturated heterocycles. The molecule has 0 saturated carbocycles. The minimum atomic E-state index is -0.443. The summed E-state index contributed by atoms with van der Waals surface area (Å²) in [6.45, 7) is 0. The number of hydrogen-bond acceptors (Lipinski definition) is 0. The van der Waals surface area contributed by atoms with Gasteiger partial charge in [-0.2, -0.15) is 0 Å². The molecule has 0 aromatic heterocycles. The molecule has 0 radical (unpaired) electrons. The lowest BCUT2D eigenvalue weighted by molar-refractivity contribution is -0.546. The highest BCUT2D eigenvalue weighted by Gasteiger charge is 2.58. The van der Waals surface area contributed by atoms with E-state index in [0.717, 1.165) is 5.78 Å². The van der Waals surface area contributed by atoms with Gasteiger partial charge in [0, 0.05) is 18.2 Å². The quantitative estimate of drug-likeness (QED) is 0.514. The topological polar surface area (TPSA) is 11.3 Å². The van der Waals surface area contributed by atoms with Gasteiger partial charge in [-0.05, 0) is 28.8 Å². The molecule has 1 nitrogen and oxygen atoms in total. The second-order valence-electron chi connectivity index (χ2n) is 6.79. The molecule has 124 valence electrons. The first-order valence-electron chi connectivity index (χ1n) is 9.00. The average molecular weight is 335 g/mol. The molecule has 1 aliphatic heterocycles. The minimum Gasteiger partial charge on any atom is -0.239 e. The normalized spacial score (nSPS) is 25.3. The van der Waals surface area contributed by atoms with Crippen molar-refractivity contribution < 1.29 is 4.42 Å². The summed E-state index contributed by atoms with van der Waals surface area (Å²) in [7, 11) is 0. The number of carbonyl (C=O) groups excluding carboxylic acids is 1. The van der Waals surface area contributed by atoms with Crippen LogP contribution in [-0.4, -0.2) is 5.78 Å². The fourth-order valence-electron chi connectivity index (χ4n) is 4.09. The van der Waals surface area contributed by atoms with Crippen LogP contribution in [0, 0.1) is 5.92 Å². The monoisotopic (exact) mass is 335 g/mol. The number of ketones is 1. The van der Waals surface area contributed by atoms with Crippen molar-refractivity contribution in [3.8, 4) is 0 Å². The summed E-state index contributed by atoms with van der Waals surface area (Å²) in [5, 5.41) is 0. The van der Waals surface area contributed by atoms with E-state index in [1.165, 1.54) is 22.3 Å². The Morgan fingerprint density at radius 1 is 0.846 bits per heavy atom. The maximum absolute atomic E-state index is 6.58. The summed E-state index contributed by atoms with van der Waals surface area (Å²) in [5.41, 5.74) is 4.58. The Bertz CT molecular complexity index is 1030. The molecule has 2 aromatic rings. The Hall–Kier alpha value is -3.19. The number of allylic oxidation sites excluding steroid dienone is 6. The molecule has 0 fully saturated rings. The second-order valence-corrected chi connectivity index (χ2v) is 6.79. The smallest absolute Gasteiger partial charge is 0.239 e. The zero-order chi connectivity index (χ0) is 17.4. The molecule has 1 spiro atoms. The standard InChI is InChI=1S/C25H19O/c1-3-9-19(10-4-1)15-16-20-17-18-25(26-20)23-13-6-2-5-11-21(23)22-12-7-8-14-24(22)25/h1-18,23H/q+1/b16-15+. The maximum Gasteiger partial charge on any atom is 0.345 e. The second kappa shape index (κ2) is 5.96. The molecular weight excluding hydrogens is 316 g/mol. The molecule has 2 atom stereocenters. The van der Waals surface area contributed by atoms with Gasteiger partial charge in [-0.3, -0.25) is 0 Å². The molecule has 2 aromatic carbocycles. The van der Waals surface area contributed by atoms with Crippen LogP contribution in [0.2, 0.25) is 0 Å². The van der Waals surface area contributed by atoms with Crippen molar-refractivity contribution in [2.45, 2.75) is 5.60 Å². The first-order valence-corrected chi connectivity index (χ1v) is 9.00. The zero-order valence-electron chi connectivity index (χ0n) is 14.4. The van der Waals surface area contributed by atoms with Crippen molar-refractivity contribution in [1.29, 1.82) is 0 Å². The lowest BCUT2D eigenvalue weighted by atomic mass is 9.85. The highest BCUT2D eigenvalue weighted by atomic mass is 16.4. The summed E-state index contributed by atoms with van der Waals surface area (Å²) < 4.78 is 6.58. The van der Waals surface area contributed by atoms with Crippen molar-refractivity contribution in [3.63, 3.8) is 0 Å². The van der Waals surface area contributed by atoms with Crippen LogP contribution in [-0.2, 0) is 10.0 Å². The van der Waals surface area contributed by atoms with E-state index in [1.54, 1.807) is 0 Å². The summed E-state index contributed by atoms with van der Waals surface area (Å²) in [5.74, 6) is 1.09. The van der Waals surface area contributed by atoms with Crippen LogP contribution in [0.1, 0.15) is 16.7 Å². The number of benzene rings is 2. The van der Waals surface area contributed by atoms with Crippen molar-refractivity contribution in [2.24, 2.45) is 5.92 Å². The third-order valence-corrected chi connectivity index (χ3v) is 5.28. The third kappa shape index (κ3) is 2.28. The lowest BCUT2D eigenvalue weighted by Crippen LogP contribution is -2.27. The predicted octanol–water partition coefficient (Wildman–Crippen LogP) is 5.41. The summed E-state index contributed by atoms with van der Waals surface area (Å²) >= 11 is 0. The minimum absolute atomic E-state index is 0.189. The van der Waals surface area contributed by atoms with Crippen molar-refractivity contribution in [1.82, 2.24) is 0 Å². The van der Waals surface area contributed by atoms with Crippen LogP contribution in [0.15, 0.2) is 103 Å². The Kier molecular flexibility index (Phi) is 3.46. The molecular formula is C25H19O+. The van der Waals surface area contributed by atoms with Gasteiger partial charge in [-0.15, -0.1) is 0 Å². The van der Waals surface area contributed by atoms with Crippen molar-refractivity contribution >= 4 is 17.4 Å². The van der Waals surface area contributed by atoms with E-state index in [2.05, 4.69) is 91.1 Å². The molecule has 0 N–H and O–H groups in total. The Labute approximate surface area is 153 Å². The summed E-state index contributed by atoms with van der Waals surface area (Å²) in [6, 6.07) is 18.9. The average Bonchev–Trinajstić information content (AvgIpc) is 3.11. The molecule has 1 heteroatoms. The van der Waals surface area contributed by atoms with E-state index in [9.17, 15) is 0 Å². The third-order valence-electron chi connectivity index (χ3n) is 5.28. The molecule has 0 bridgehead atoms. The maximum atomic E-state index is 6.58. The molecule has 3 aliphatic rings. The molecule has 5 rings (SSSR count). The van der Waals surface area contributed by atoms with E-state index < -0.39 is 5.60 Å². The van der Waals surface area contributed by atoms with Crippen molar-refractivity contribution in [2.75, 3.05) is 0 Å². The number of rotatable bonds is 2. The van der Waals surface area contributed by atoms with Crippen LogP contribution in [0.5, 0.6) is 0 Å². The van der Waals surface area contributed by atoms with Gasteiger partial charge in [-0.1, -0.05) is 78.9 Å². The van der Waals surface area contributed by atoms with Crippen LogP contribution < -0.4 is 0 Å². The molecule has 26 heavy (non-hydrogen) atoms. The first kappa shape index (κ1) is 15.1. The van der Waals surface area contributed by atoms with Gasteiger partial charge in [0.05, 0.1) is 5.56 Å². The van der Waals surface area contributed by atoms with E-state index >= 15 is 0 Å². The Morgan fingerprint density at radius 3 is 2.62 bits per heavy atom. The number of hydrogen-bond donors (Lipinski definition) is 0. The molecule has 2 unspecified atom stereocenters. The zero-order valence-corrected chi connectivity index (χ0v) is 14.4. The lowest BCUT2D eigenvalue weighted by Gasteiger charge is -2.15. The summed E-state index contributed by atoms with van der Waals surface area (Å²) in [4.78, 5) is 0. The highest BCUT2D eigenvalue weighted by molar-refractivity contribution is 6.04. The van der Waals surface area contributed by atoms with Crippen LogP contribution >= 0.6 is 0 Å². The first-order chi connectivity index (χ1) is 12.9. The molecule has 2 aliphatic carbocycles. The van der Waals surface area contributed by atoms with Gasteiger partial charge in [0.1, 0.15) is 5.92 Å². The van der Waals surface area contributed by atoms with Gasteiger partial charge >= 0.3 is 11.4 Å². The van der Waals surface area contributed by atoms with Gasteiger partial charge in [0.2, 0.25) is 0 Å². The Balaban J connectivity index is 1.60. The Morgan fingerprint density at radius 2 is 1.69 bits per heavy atom. The SMILES string of the molecule is C1=CC=C2c3ccccc3C3(C=CC(/C=C/c4ccccc4)=[O+]3)C2C=C1. The van der Waals surface area contributed by atoms with E-state index in [-0.39, 0.29) is 5.92 Å². The number of fused-ring (bicyclic) bond motifs is 5. The predicted molar refractivity (Wildman–Crippen MR) is 107 cm³/mol. The largest absolute Gasteiger partial charge is 0.345 e. The summed E-state index contributed by atoms with van der Waals surface area (Å²) in [6.07, 6.45) is 19.3. The molecule has 0 amide bonds. The van der Waals surface area contributed by atoms with Gasteiger partial charge in [0.15, 0.2) is 0 Å². The van der Waals surface area contributed by atoms with Crippen LogP contribution in [0.4, 0.5) is 0 Å². The van der Waals surface area contributed by atoms with Crippen LogP contribution in [0.3, 0.4) is 0 Å². The van der Waals surface area contributed by atoms with Crippen molar-refractivity contribution in [3.05, 3.63) is 120 Å². The van der Waals surface area contributed by atoms with Gasteiger partial charge < -0.3 is 0 Å². The van der Waals surface area contributed by atoms with Gasteiger partial charge in [0.25, 0.3) is 0 Å². The van der Waals surface area contributed by atoms with Gasteiger partial charge in [-0.25, -0.2) is 4.42 Å². The highest BCUT2D eigenvalue weighted by Crippen LogP contribution is 2.53.